The van der Waals surface area contributed by atoms with Gasteiger partial charge in [-0.15, -0.1) is 0 Å². The number of alkyl halides is 1. The van der Waals surface area contributed by atoms with Crippen molar-refractivity contribution < 1.29 is 51.0 Å². The molecule has 10 nitrogen and oxygen atoms in total. The second-order valence-electron chi connectivity index (χ2n) is 12.1. The molecule has 2 aromatic rings. The molecule has 0 unspecified atom stereocenters. The standard InChI is InChI=1S/C33H37F4N3O7/c1-6-15-46-26(42)17-24(25(41)18-47-28-19(2)21(34)16-22(35)27(28)36)39-31(45)33(37)11-13-40(14-12-33)30(44)29(43)38-23-10-8-7-9-20(23)32(3,4)5/h6-10,16,24H,1,11-15,17-18H2,2-5H3,(H,38,43)(H,39,45)/t24-/m0/s1. The Morgan fingerprint density at radius 2 is 1.70 bits per heavy atom. The Bertz CT molecular complexity index is 1520. The number of ketones is 1. The Balaban J connectivity index is 1.67. The summed E-state index contributed by atoms with van der Waals surface area (Å²) in [6.07, 6.45) is -0.614. The van der Waals surface area contributed by atoms with Crippen LogP contribution in [0.4, 0.5) is 23.2 Å². The van der Waals surface area contributed by atoms with Crippen LogP contribution in [-0.2, 0) is 34.1 Å². The number of rotatable bonds is 11. The van der Waals surface area contributed by atoms with Crippen molar-refractivity contribution in [3.8, 4) is 5.75 Å². The number of carbonyl (C=O) groups excluding carboxylic acids is 5. The largest absolute Gasteiger partial charge is 0.482 e. The van der Waals surface area contributed by atoms with Crippen molar-refractivity contribution in [2.45, 2.75) is 64.1 Å². The molecule has 3 rings (SSSR count). The zero-order valence-corrected chi connectivity index (χ0v) is 26.5. The maximum Gasteiger partial charge on any atom is 0.313 e. The van der Waals surface area contributed by atoms with Crippen LogP contribution < -0.4 is 15.4 Å². The number of nitrogens with zero attached hydrogens (tertiary/aromatic N) is 1. The number of halogens is 4. The number of hydrogen-bond acceptors (Lipinski definition) is 7. The second kappa shape index (κ2) is 15.2. The van der Waals surface area contributed by atoms with Crippen molar-refractivity contribution in [3.63, 3.8) is 0 Å². The molecule has 0 spiro atoms. The molecule has 0 radical (unpaired) electrons. The van der Waals surface area contributed by atoms with Crippen LogP contribution >= 0.6 is 0 Å². The third-order valence-corrected chi connectivity index (χ3v) is 7.57. The molecule has 1 aliphatic heterocycles. The summed E-state index contributed by atoms with van der Waals surface area (Å²) < 4.78 is 67.6. The van der Waals surface area contributed by atoms with Crippen molar-refractivity contribution in [2.75, 3.05) is 31.6 Å². The van der Waals surface area contributed by atoms with Gasteiger partial charge in [-0.25, -0.2) is 13.2 Å². The van der Waals surface area contributed by atoms with E-state index in [2.05, 4.69) is 17.2 Å². The fourth-order valence-corrected chi connectivity index (χ4v) is 4.85. The van der Waals surface area contributed by atoms with E-state index in [1.807, 2.05) is 26.8 Å². The van der Waals surface area contributed by atoms with Gasteiger partial charge in [-0.05, 0) is 24.0 Å². The van der Waals surface area contributed by atoms with Gasteiger partial charge in [0.2, 0.25) is 5.82 Å². The van der Waals surface area contributed by atoms with E-state index in [-0.39, 0.29) is 25.1 Å². The zero-order chi connectivity index (χ0) is 35.1. The van der Waals surface area contributed by atoms with E-state index in [9.17, 15) is 37.1 Å². The highest BCUT2D eigenvalue weighted by molar-refractivity contribution is 6.39. The first-order valence-corrected chi connectivity index (χ1v) is 14.7. The molecule has 2 N–H and O–H groups in total. The minimum absolute atomic E-state index is 0.233. The van der Waals surface area contributed by atoms with E-state index in [1.54, 1.807) is 18.2 Å². The van der Waals surface area contributed by atoms with Crippen LogP contribution in [0.2, 0.25) is 0 Å². The number of esters is 1. The van der Waals surface area contributed by atoms with E-state index in [1.165, 1.54) is 6.08 Å². The summed E-state index contributed by atoms with van der Waals surface area (Å²) in [4.78, 5) is 65.1. The van der Waals surface area contributed by atoms with Gasteiger partial charge in [0.05, 0.1) is 6.42 Å². The van der Waals surface area contributed by atoms with Gasteiger partial charge in [-0.2, -0.15) is 4.39 Å². The predicted octanol–water partition coefficient (Wildman–Crippen LogP) is 4.23. The topological polar surface area (TPSA) is 131 Å². The minimum Gasteiger partial charge on any atom is -0.482 e. The van der Waals surface area contributed by atoms with Crippen LogP contribution in [0.5, 0.6) is 5.75 Å². The Kier molecular flexibility index (Phi) is 11.9. The summed E-state index contributed by atoms with van der Waals surface area (Å²) >= 11 is 0. The Morgan fingerprint density at radius 3 is 2.32 bits per heavy atom. The second-order valence-corrected chi connectivity index (χ2v) is 12.1. The molecule has 0 aliphatic carbocycles. The molecule has 0 saturated carbocycles. The first-order valence-electron chi connectivity index (χ1n) is 14.7. The summed E-state index contributed by atoms with van der Waals surface area (Å²) in [5, 5.41) is 4.75. The van der Waals surface area contributed by atoms with E-state index in [0.29, 0.717) is 11.8 Å². The number of piperidine rings is 1. The SMILES string of the molecule is C=CCOC(=O)C[C@H](NC(=O)C1(F)CCN(C(=O)C(=O)Nc2ccccc2C(C)(C)C)CC1)C(=O)COc1c(C)c(F)cc(F)c1F. The summed E-state index contributed by atoms with van der Waals surface area (Å²) in [6, 6.07) is 5.55. The van der Waals surface area contributed by atoms with Crippen LogP contribution in [0.1, 0.15) is 51.2 Å². The molecular formula is C33H37F4N3O7. The minimum atomic E-state index is -2.61. The Labute approximate surface area is 269 Å². The van der Waals surface area contributed by atoms with Crippen molar-refractivity contribution in [2.24, 2.45) is 0 Å². The molecular weight excluding hydrogens is 626 g/mol. The van der Waals surface area contributed by atoms with Crippen molar-refractivity contribution >= 4 is 35.2 Å². The Hall–Kier alpha value is -4.75. The average molecular weight is 664 g/mol. The third kappa shape index (κ3) is 9.17. The van der Waals surface area contributed by atoms with Gasteiger partial charge >= 0.3 is 17.8 Å². The first kappa shape index (κ1) is 36.7. The van der Waals surface area contributed by atoms with E-state index < -0.39 is 95.8 Å². The van der Waals surface area contributed by atoms with E-state index in [0.717, 1.165) is 17.4 Å². The molecule has 1 heterocycles. The molecule has 0 bridgehead atoms. The normalized spacial score (nSPS) is 14.9. The van der Waals surface area contributed by atoms with Gasteiger partial charge in [0.15, 0.2) is 23.0 Å². The predicted molar refractivity (Wildman–Crippen MR) is 163 cm³/mol. The fraction of sp³-hybridized carbons (Fsp3) is 0.424. The number of nitrogens with one attached hydrogen (secondary N) is 2. The zero-order valence-electron chi connectivity index (χ0n) is 26.5. The van der Waals surface area contributed by atoms with Crippen LogP contribution in [-0.4, -0.2) is 72.4 Å². The van der Waals surface area contributed by atoms with Crippen molar-refractivity contribution in [1.29, 1.82) is 0 Å². The summed E-state index contributed by atoms with van der Waals surface area (Å²) in [5.41, 5.74) is -2.13. The average Bonchev–Trinajstić information content (AvgIpc) is 3.02. The molecule has 14 heteroatoms. The van der Waals surface area contributed by atoms with E-state index >= 15 is 4.39 Å². The third-order valence-electron chi connectivity index (χ3n) is 7.57. The van der Waals surface area contributed by atoms with Crippen molar-refractivity contribution in [3.05, 3.63) is 71.6 Å². The number of para-hydroxylation sites is 1. The summed E-state index contributed by atoms with van der Waals surface area (Å²) in [5.74, 6) is -10.3. The lowest BCUT2D eigenvalue weighted by Crippen LogP contribution is -2.57. The number of amides is 3. The summed E-state index contributed by atoms with van der Waals surface area (Å²) in [6.45, 7) is 8.39. The maximum atomic E-state index is 15.9. The number of Topliss-reactive ketones (excluding diaryl/α,β-unsaturated/α-hetero) is 1. The van der Waals surface area contributed by atoms with Gasteiger partial charge in [0, 0.05) is 43.2 Å². The molecule has 0 aromatic heterocycles. The summed E-state index contributed by atoms with van der Waals surface area (Å²) in [7, 11) is 0. The van der Waals surface area contributed by atoms with Crippen LogP contribution in [0, 0.1) is 24.4 Å². The smallest absolute Gasteiger partial charge is 0.313 e. The molecule has 1 fully saturated rings. The first-order chi connectivity index (χ1) is 22.0. The maximum absolute atomic E-state index is 15.9. The molecule has 3 amide bonds. The monoisotopic (exact) mass is 663 g/mol. The Morgan fingerprint density at radius 1 is 1.06 bits per heavy atom. The highest BCUT2D eigenvalue weighted by Crippen LogP contribution is 2.31. The molecule has 254 valence electrons. The van der Waals surface area contributed by atoms with Crippen LogP contribution in [0.25, 0.3) is 0 Å². The lowest BCUT2D eigenvalue weighted by atomic mass is 9.86. The quantitative estimate of drug-likeness (QED) is 0.121. The fourth-order valence-electron chi connectivity index (χ4n) is 4.85. The molecule has 47 heavy (non-hydrogen) atoms. The lowest BCUT2D eigenvalue weighted by molar-refractivity contribution is -0.149. The van der Waals surface area contributed by atoms with Gasteiger partial charge in [0.1, 0.15) is 25.1 Å². The van der Waals surface area contributed by atoms with Crippen molar-refractivity contribution in [1.82, 2.24) is 10.2 Å². The van der Waals surface area contributed by atoms with Crippen LogP contribution in [0.3, 0.4) is 0 Å². The molecule has 1 saturated heterocycles. The molecule has 1 aliphatic rings. The molecule has 2 aromatic carbocycles. The van der Waals surface area contributed by atoms with Crippen LogP contribution in [0.15, 0.2) is 43.0 Å². The van der Waals surface area contributed by atoms with E-state index in [4.69, 9.17) is 9.47 Å². The number of hydrogen-bond donors (Lipinski definition) is 2. The molecule has 1 atom stereocenters. The lowest BCUT2D eigenvalue weighted by Gasteiger charge is -2.35. The highest BCUT2D eigenvalue weighted by Gasteiger charge is 2.45. The number of carbonyl (C=O) groups is 5. The van der Waals surface area contributed by atoms with Gasteiger partial charge in [-0.3, -0.25) is 24.0 Å². The highest BCUT2D eigenvalue weighted by atomic mass is 19.2. The number of ether oxygens (including phenoxy) is 2. The van der Waals surface area contributed by atoms with Gasteiger partial charge in [-0.1, -0.05) is 51.6 Å². The number of benzene rings is 2. The number of likely N-dealkylation sites (tertiary alicyclic amines) is 1. The van der Waals surface area contributed by atoms with Gasteiger partial charge in [0.25, 0.3) is 5.91 Å². The number of anilines is 1. The van der Waals surface area contributed by atoms with Gasteiger partial charge < -0.3 is 25.0 Å².